The molecule has 18 heavy (non-hydrogen) atoms. The van der Waals surface area contributed by atoms with Crippen LogP contribution < -0.4 is 0 Å². The lowest BCUT2D eigenvalue weighted by atomic mass is 10.1. The van der Waals surface area contributed by atoms with Gasteiger partial charge in [-0.25, -0.2) is 8.78 Å². The van der Waals surface area contributed by atoms with Gasteiger partial charge in [-0.2, -0.15) is 0 Å². The number of alkyl halides is 1. The fourth-order valence-electron chi connectivity index (χ4n) is 1.58. The van der Waals surface area contributed by atoms with Gasteiger partial charge >= 0.3 is 0 Å². The van der Waals surface area contributed by atoms with Crippen LogP contribution in [0.3, 0.4) is 0 Å². The van der Waals surface area contributed by atoms with E-state index < -0.39 is 17.0 Å². The largest absolute Gasteiger partial charge is 0.207 e. The van der Waals surface area contributed by atoms with Crippen molar-refractivity contribution in [1.29, 1.82) is 0 Å². The standard InChI is InChI=1S/C12H7Cl3F2S/c13-8(6-5-11(14)18-12(6)15)4-7-9(16)2-1-3-10(7)17/h1-3,5,8H,4H2. The molecule has 1 atom stereocenters. The van der Waals surface area contributed by atoms with Gasteiger partial charge in [0.25, 0.3) is 0 Å². The Morgan fingerprint density at radius 3 is 2.28 bits per heavy atom. The zero-order chi connectivity index (χ0) is 13.3. The van der Waals surface area contributed by atoms with Crippen molar-refractivity contribution in [2.75, 3.05) is 0 Å². The number of hydrogen-bond donors (Lipinski definition) is 0. The molecule has 0 aliphatic carbocycles. The third kappa shape index (κ3) is 2.97. The minimum Gasteiger partial charge on any atom is -0.207 e. The Bertz CT molecular complexity index is 548. The number of rotatable bonds is 3. The maximum absolute atomic E-state index is 13.5. The highest BCUT2D eigenvalue weighted by atomic mass is 35.5. The van der Waals surface area contributed by atoms with Gasteiger partial charge in [-0.05, 0) is 24.6 Å². The van der Waals surface area contributed by atoms with E-state index in [1.165, 1.54) is 29.5 Å². The molecule has 0 saturated heterocycles. The fourth-order valence-corrected chi connectivity index (χ4v) is 3.61. The molecule has 0 spiro atoms. The van der Waals surface area contributed by atoms with Gasteiger partial charge in [0.05, 0.1) is 14.0 Å². The molecule has 0 bridgehead atoms. The van der Waals surface area contributed by atoms with Crippen LogP contribution in [0.25, 0.3) is 0 Å². The highest BCUT2D eigenvalue weighted by Crippen LogP contribution is 2.39. The lowest BCUT2D eigenvalue weighted by Crippen LogP contribution is -2.01. The first kappa shape index (κ1) is 14.1. The Balaban J connectivity index is 2.26. The maximum Gasteiger partial charge on any atom is 0.129 e. The van der Waals surface area contributed by atoms with Gasteiger partial charge < -0.3 is 0 Å². The monoisotopic (exact) mass is 326 g/mol. The van der Waals surface area contributed by atoms with Crippen molar-refractivity contribution >= 4 is 46.1 Å². The number of halogens is 5. The first-order valence-electron chi connectivity index (χ1n) is 5.00. The topological polar surface area (TPSA) is 0 Å². The Morgan fingerprint density at radius 1 is 1.17 bits per heavy atom. The van der Waals surface area contributed by atoms with E-state index in [0.717, 1.165) is 0 Å². The van der Waals surface area contributed by atoms with E-state index in [4.69, 9.17) is 34.8 Å². The van der Waals surface area contributed by atoms with Gasteiger partial charge in [-0.15, -0.1) is 22.9 Å². The molecule has 0 aliphatic rings. The van der Waals surface area contributed by atoms with Crippen molar-refractivity contribution in [2.45, 2.75) is 11.8 Å². The zero-order valence-electron chi connectivity index (χ0n) is 8.89. The van der Waals surface area contributed by atoms with Gasteiger partial charge in [-0.3, -0.25) is 0 Å². The Morgan fingerprint density at radius 2 is 1.78 bits per heavy atom. The van der Waals surface area contributed by atoms with Crippen LogP contribution in [-0.4, -0.2) is 0 Å². The molecule has 0 saturated carbocycles. The van der Waals surface area contributed by atoms with E-state index in [2.05, 4.69) is 0 Å². The van der Waals surface area contributed by atoms with Crippen LogP contribution in [0.2, 0.25) is 8.67 Å². The average molecular weight is 328 g/mol. The number of hydrogen-bond acceptors (Lipinski definition) is 1. The summed E-state index contributed by atoms with van der Waals surface area (Å²) in [5.41, 5.74) is 0.548. The summed E-state index contributed by atoms with van der Waals surface area (Å²) in [6.45, 7) is 0. The minimum absolute atomic E-state index is 0.0207. The van der Waals surface area contributed by atoms with E-state index in [-0.39, 0.29) is 12.0 Å². The van der Waals surface area contributed by atoms with Crippen LogP contribution >= 0.6 is 46.1 Å². The summed E-state index contributed by atoms with van der Waals surface area (Å²) < 4.78 is 27.9. The Kier molecular flexibility index (Phi) is 4.49. The second kappa shape index (κ2) is 5.74. The summed E-state index contributed by atoms with van der Waals surface area (Å²) in [6.07, 6.45) is 0.0207. The predicted octanol–water partition coefficient (Wildman–Crippen LogP) is 5.86. The maximum atomic E-state index is 13.5. The second-order valence-corrected chi connectivity index (χ2v) is 6.46. The quantitative estimate of drug-likeness (QED) is 0.620. The summed E-state index contributed by atoms with van der Waals surface area (Å²) >= 11 is 19.1. The summed E-state index contributed by atoms with van der Waals surface area (Å²) in [4.78, 5) is 0. The van der Waals surface area contributed by atoms with Crippen LogP contribution in [-0.2, 0) is 6.42 Å². The van der Waals surface area contributed by atoms with E-state index in [1.54, 1.807) is 6.07 Å². The summed E-state index contributed by atoms with van der Waals surface area (Å²) in [5.74, 6) is -1.23. The third-order valence-electron chi connectivity index (χ3n) is 2.47. The summed E-state index contributed by atoms with van der Waals surface area (Å²) in [7, 11) is 0. The first-order chi connectivity index (χ1) is 8.49. The number of benzene rings is 1. The van der Waals surface area contributed by atoms with Crippen LogP contribution in [0.1, 0.15) is 16.5 Å². The summed E-state index contributed by atoms with van der Waals surface area (Å²) in [6, 6.07) is 5.32. The molecule has 1 unspecified atom stereocenters. The van der Waals surface area contributed by atoms with Crippen LogP contribution in [0.15, 0.2) is 24.3 Å². The lowest BCUT2D eigenvalue weighted by molar-refractivity contribution is 0.553. The van der Waals surface area contributed by atoms with Crippen molar-refractivity contribution in [3.63, 3.8) is 0 Å². The lowest BCUT2D eigenvalue weighted by Gasteiger charge is -2.10. The van der Waals surface area contributed by atoms with Crippen LogP contribution in [0.4, 0.5) is 8.78 Å². The van der Waals surface area contributed by atoms with Gasteiger partial charge in [0.1, 0.15) is 11.6 Å². The molecule has 0 radical (unpaired) electrons. The van der Waals surface area contributed by atoms with E-state index in [1.807, 2.05) is 0 Å². The molecule has 1 aromatic heterocycles. The molecule has 2 rings (SSSR count). The van der Waals surface area contributed by atoms with Crippen molar-refractivity contribution in [2.24, 2.45) is 0 Å². The molecule has 1 aromatic carbocycles. The van der Waals surface area contributed by atoms with Crippen molar-refractivity contribution in [1.82, 2.24) is 0 Å². The van der Waals surface area contributed by atoms with Crippen LogP contribution in [0, 0.1) is 11.6 Å². The SMILES string of the molecule is Fc1cccc(F)c1CC(Cl)c1cc(Cl)sc1Cl. The minimum atomic E-state index is -0.618. The predicted molar refractivity (Wildman–Crippen MR) is 73.0 cm³/mol. The average Bonchev–Trinajstić information content (AvgIpc) is 2.63. The fraction of sp³-hybridized carbons (Fsp3) is 0.167. The molecule has 0 N–H and O–H groups in total. The van der Waals surface area contributed by atoms with E-state index >= 15 is 0 Å². The van der Waals surface area contributed by atoms with Gasteiger partial charge in [0.15, 0.2) is 0 Å². The zero-order valence-corrected chi connectivity index (χ0v) is 12.0. The Labute approximate surface area is 122 Å². The third-order valence-corrected chi connectivity index (χ3v) is 4.37. The van der Waals surface area contributed by atoms with E-state index in [9.17, 15) is 8.78 Å². The molecule has 2 aromatic rings. The Hall–Kier alpha value is -0.350. The molecule has 96 valence electrons. The van der Waals surface area contributed by atoms with E-state index in [0.29, 0.717) is 14.2 Å². The van der Waals surface area contributed by atoms with Crippen molar-refractivity contribution in [3.05, 3.63) is 55.7 Å². The molecule has 0 amide bonds. The van der Waals surface area contributed by atoms with Gasteiger partial charge in [0, 0.05) is 11.1 Å². The molecular formula is C12H7Cl3F2S. The van der Waals surface area contributed by atoms with Crippen LogP contribution in [0.5, 0.6) is 0 Å². The normalized spacial score (nSPS) is 12.7. The van der Waals surface area contributed by atoms with Crippen molar-refractivity contribution < 1.29 is 8.78 Å². The highest BCUT2D eigenvalue weighted by molar-refractivity contribution is 7.20. The summed E-state index contributed by atoms with van der Waals surface area (Å²) in [5, 5.41) is -0.618. The smallest absolute Gasteiger partial charge is 0.129 e. The van der Waals surface area contributed by atoms with Crippen molar-refractivity contribution in [3.8, 4) is 0 Å². The second-order valence-electron chi connectivity index (χ2n) is 3.65. The molecule has 0 nitrogen and oxygen atoms in total. The number of thiophene rings is 1. The molecule has 0 aliphatic heterocycles. The highest BCUT2D eigenvalue weighted by Gasteiger charge is 2.19. The molecular weight excluding hydrogens is 321 g/mol. The van der Waals surface area contributed by atoms with Gasteiger partial charge in [0.2, 0.25) is 0 Å². The first-order valence-corrected chi connectivity index (χ1v) is 7.01. The van der Waals surface area contributed by atoms with Gasteiger partial charge in [-0.1, -0.05) is 29.3 Å². The molecule has 1 heterocycles. The molecule has 0 fully saturated rings. The molecule has 6 heteroatoms.